The molecule has 180 valence electrons. The first kappa shape index (κ1) is 25.5. The minimum Gasteiger partial charge on any atom is -0.484 e. The largest absolute Gasteiger partial charge is 0.484 e. The minimum atomic E-state index is -0.363. The summed E-state index contributed by atoms with van der Waals surface area (Å²) >= 11 is 6.47. The number of aromatic nitrogens is 2. The summed E-state index contributed by atoms with van der Waals surface area (Å²) in [5, 5.41) is 8.90. The Hall–Kier alpha value is -3.12. The highest BCUT2D eigenvalue weighted by molar-refractivity contribution is 6.32. The van der Waals surface area contributed by atoms with E-state index in [2.05, 4.69) is 62.4 Å². The third kappa shape index (κ3) is 6.70. The van der Waals surface area contributed by atoms with Crippen molar-refractivity contribution in [2.75, 3.05) is 6.61 Å². The van der Waals surface area contributed by atoms with Crippen LogP contribution in [0.2, 0.25) is 5.15 Å². The van der Waals surface area contributed by atoms with Gasteiger partial charge in [-0.1, -0.05) is 76.6 Å². The van der Waals surface area contributed by atoms with E-state index in [1.807, 2.05) is 49.4 Å². The van der Waals surface area contributed by atoms with E-state index in [-0.39, 0.29) is 23.3 Å². The van der Waals surface area contributed by atoms with Crippen molar-refractivity contribution in [1.29, 1.82) is 0 Å². The molecule has 1 aromatic heterocycles. The van der Waals surface area contributed by atoms with Crippen LogP contribution in [0.1, 0.15) is 57.9 Å². The van der Waals surface area contributed by atoms with Crippen LogP contribution in [0.5, 0.6) is 5.75 Å². The van der Waals surface area contributed by atoms with Crippen molar-refractivity contribution in [2.24, 2.45) is 10.5 Å². The van der Waals surface area contributed by atoms with E-state index in [0.29, 0.717) is 22.2 Å². The van der Waals surface area contributed by atoms with Crippen LogP contribution < -0.4 is 10.2 Å². The first-order valence-corrected chi connectivity index (χ1v) is 11.7. The highest BCUT2D eigenvalue weighted by Crippen LogP contribution is 2.36. The first-order chi connectivity index (χ1) is 16.0. The molecule has 0 spiro atoms. The van der Waals surface area contributed by atoms with Crippen LogP contribution in [0.3, 0.4) is 0 Å². The Kier molecular flexibility index (Phi) is 7.82. The number of carbonyl (C=O) groups is 1. The molecule has 0 aliphatic rings. The molecule has 1 N–H and O–H groups in total. The maximum absolute atomic E-state index is 12.2. The summed E-state index contributed by atoms with van der Waals surface area (Å²) in [5.41, 5.74) is 6.20. The molecule has 0 bridgehead atoms. The molecule has 3 rings (SSSR count). The Morgan fingerprint density at radius 1 is 1.09 bits per heavy atom. The molecule has 0 unspecified atom stereocenters. The fourth-order valence-electron chi connectivity index (χ4n) is 4.18. The number of para-hydroxylation sites is 1. The molecule has 0 saturated carbocycles. The Balaban J connectivity index is 1.55. The smallest absolute Gasteiger partial charge is 0.277 e. The number of amides is 1. The summed E-state index contributed by atoms with van der Waals surface area (Å²) < 4.78 is 7.25. The van der Waals surface area contributed by atoms with Crippen LogP contribution in [0.4, 0.5) is 0 Å². The maximum atomic E-state index is 12.2. The molecule has 1 amide bonds. The van der Waals surface area contributed by atoms with E-state index in [1.54, 1.807) is 4.68 Å². The lowest BCUT2D eigenvalue weighted by Crippen LogP contribution is -2.25. The second kappa shape index (κ2) is 10.4. The molecule has 0 aliphatic heterocycles. The van der Waals surface area contributed by atoms with Crippen molar-refractivity contribution in [2.45, 2.75) is 53.4 Å². The van der Waals surface area contributed by atoms with Gasteiger partial charge < -0.3 is 4.74 Å². The highest BCUT2D eigenvalue weighted by Gasteiger charge is 2.27. The van der Waals surface area contributed by atoms with Crippen molar-refractivity contribution < 1.29 is 9.53 Å². The second-order valence-corrected chi connectivity index (χ2v) is 10.6. The van der Waals surface area contributed by atoms with Gasteiger partial charge in [0, 0.05) is 0 Å². The predicted molar refractivity (Wildman–Crippen MR) is 138 cm³/mol. The standard InChI is InChI=1S/C27H33ClN4O2/c1-19-23(25(28)32(31-19)21-10-8-7-9-11-21)16-29-30-24(33)17-34-22-14-12-20(13-15-22)27(5,6)18-26(2,3)4/h7-16H,17-18H2,1-6H3,(H,30,33). The van der Waals surface area contributed by atoms with Crippen LogP contribution in [-0.2, 0) is 10.2 Å². The van der Waals surface area contributed by atoms with Gasteiger partial charge in [0.15, 0.2) is 6.61 Å². The minimum absolute atomic E-state index is 0.0522. The monoisotopic (exact) mass is 480 g/mol. The summed E-state index contributed by atoms with van der Waals surface area (Å²) in [4.78, 5) is 12.2. The van der Waals surface area contributed by atoms with Gasteiger partial charge in [0.2, 0.25) is 0 Å². The van der Waals surface area contributed by atoms with E-state index in [4.69, 9.17) is 16.3 Å². The third-order valence-electron chi connectivity index (χ3n) is 5.41. The number of nitrogens with one attached hydrogen (secondary N) is 1. The lowest BCUT2D eigenvalue weighted by molar-refractivity contribution is -0.123. The molecule has 6 nitrogen and oxygen atoms in total. The fraction of sp³-hybridized carbons (Fsp3) is 0.370. The van der Waals surface area contributed by atoms with Crippen molar-refractivity contribution in [3.8, 4) is 11.4 Å². The van der Waals surface area contributed by atoms with Gasteiger partial charge in [0.25, 0.3) is 5.91 Å². The molecule has 34 heavy (non-hydrogen) atoms. The van der Waals surface area contributed by atoms with E-state index in [0.717, 1.165) is 12.1 Å². The summed E-state index contributed by atoms with van der Waals surface area (Å²) in [7, 11) is 0. The van der Waals surface area contributed by atoms with Crippen molar-refractivity contribution in [1.82, 2.24) is 15.2 Å². The zero-order valence-electron chi connectivity index (χ0n) is 20.7. The average Bonchev–Trinajstić information content (AvgIpc) is 3.05. The second-order valence-electron chi connectivity index (χ2n) is 10.3. The van der Waals surface area contributed by atoms with Gasteiger partial charge in [-0.15, -0.1) is 0 Å². The van der Waals surface area contributed by atoms with Crippen molar-refractivity contribution in [3.63, 3.8) is 0 Å². The topological polar surface area (TPSA) is 68.5 Å². The number of nitrogens with zero attached hydrogens (tertiary/aromatic N) is 3. The molecule has 1 heterocycles. The van der Waals surface area contributed by atoms with Gasteiger partial charge in [0.1, 0.15) is 10.9 Å². The highest BCUT2D eigenvalue weighted by atomic mass is 35.5. The predicted octanol–water partition coefficient (Wildman–Crippen LogP) is 6.08. The zero-order chi connectivity index (χ0) is 24.9. The van der Waals surface area contributed by atoms with E-state index in [9.17, 15) is 4.79 Å². The number of halogens is 1. The van der Waals surface area contributed by atoms with E-state index >= 15 is 0 Å². The average molecular weight is 481 g/mol. The summed E-state index contributed by atoms with van der Waals surface area (Å²) in [5.74, 6) is 0.273. The lowest BCUT2D eigenvalue weighted by Gasteiger charge is -2.33. The molecule has 7 heteroatoms. The maximum Gasteiger partial charge on any atom is 0.277 e. The number of benzene rings is 2. The third-order valence-corrected chi connectivity index (χ3v) is 5.77. The lowest BCUT2D eigenvalue weighted by atomic mass is 9.72. The number of carbonyl (C=O) groups excluding carboxylic acids is 1. The number of rotatable bonds is 8. The van der Waals surface area contributed by atoms with Gasteiger partial charge in [0.05, 0.1) is 23.2 Å². The van der Waals surface area contributed by atoms with Gasteiger partial charge in [-0.05, 0) is 54.0 Å². The van der Waals surface area contributed by atoms with Gasteiger partial charge in [-0.3, -0.25) is 4.79 Å². The number of hydrogen-bond acceptors (Lipinski definition) is 4. The quantitative estimate of drug-likeness (QED) is 0.314. The number of hydrazone groups is 1. The van der Waals surface area contributed by atoms with Crippen LogP contribution in [0, 0.1) is 12.3 Å². The Bertz CT molecular complexity index is 1140. The van der Waals surface area contributed by atoms with Crippen LogP contribution >= 0.6 is 11.6 Å². The fourth-order valence-corrected chi connectivity index (χ4v) is 4.50. The van der Waals surface area contributed by atoms with Crippen LogP contribution in [0.25, 0.3) is 5.69 Å². The number of hydrogen-bond donors (Lipinski definition) is 1. The van der Waals surface area contributed by atoms with Gasteiger partial charge >= 0.3 is 0 Å². The Morgan fingerprint density at radius 2 is 1.74 bits per heavy atom. The molecule has 2 aromatic carbocycles. The van der Waals surface area contributed by atoms with Crippen molar-refractivity contribution in [3.05, 3.63) is 76.6 Å². The molecule has 0 saturated heterocycles. The Morgan fingerprint density at radius 3 is 2.35 bits per heavy atom. The van der Waals surface area contributed by atoms with Crippen molar-refractivity contribution >= 4 is 23.7 Å². The Labute approximate surface area is 207 Å². The van der Waals surface area contributed by atoms with Gasteiger partial charge in [-0.2, -0.15) is 10.2 Å². The molecular formula is C27H33ClN4O2. The molecule has 0 aliphatic carbocycles. The number of ether oxygens (including phenoxy) is 1. The van der Waals surface area contributed by atoms with E-state index in [1.165, 1.54) is 11.8 Å². The van der Waals surface area contributed by atoms with E-state index < -0.39 is 0 Å². The molecule has 3 aromatic rings. The molecular weight excluding hydrogens is 448 g/mol. The molecule has 0 fully saturated rings. The SMILES string of the molecule is Cc1nn(-c2ccccc2)c(Cl)c1C=NNC(=O)COc1ccc(C(C)(C)CC(C)(C)C)cc1. The van der Waals surface area contributed by atoms with Gasteiger partial charge in [-0.25, -0.2) is 10.1 Å². The van der Waals surface area contributed by atoms with Crippen LogP contribution in [0.15, 0.2) is 59.7 Å². The molecule has 0 radical (unpaired) electrons. The summed E-state index contributed by atoms with van der Waals surface area (Å²) in [6, 6.07) is 17.5. The normalized spacial score (nSPS) is 12.2. The summed E-state index contributed by atoms with van der Waals surface area (Å²) in [6.45, 7) is 12.9. The first-order valence-electron chi connectivity index (χ1n) is 11.3. The zero-order valence-corrected chi connectivity index (χ0v) is 21.5. The molecule has 0 atom stereocenters. The number of aryl methyl sites for hydroxylation is 1. The summed E-state index contributed by atoms with van der Waals surface area (Å²) in [6.07, 6.45) is 2.56. The van der Waals surface area contributed by atoms with Crippen LogP contribution in [-0.4, -0.2) is 28.5 Å².